The highest BCUT2D eigenvalue weighted by atomic mass is 32.1. The molecule has 0 saturated heterocycles. The second kappa shape index (κ2) is 13.3. The molecule has 1 aliphatic heterocycles. The molecular formula is C54H33N3OS. The van der Waals surface area contributed by atoms with Crippen LogP contribution in [0.25, 0.3) is 77.6 Å². The molecule has 1 spiro atoms. The number of fused-ring (bicyclic) bond motifs is 11. The largest absolute Gasteiger partial charge is 0.457 e. The molecule has 8 aromatic carbocycles. The Labute approximate surface area is 345 Å². The van der Waals surface area contributed by atoms with Crippen molar-refractivity contribution in [3.8, 4) is 79.0 Å². The Bertz CT molecular complexity index is 3210. The van der Waals surface area contributed by atoms with Gasteiger partial charge in [0.2, 0.25) is 0 Å². The van der Waals surface area contributed by atoms with Crippen LogP contribution in [0.3, 0.4) is 0 Å². The first kappa shape index (κ1) is 33.6. The molecular weight excluding hydrogens is 739 g/mol. The summed E-state index contributed by atoms with van der Waals surface area (Å²) in [6.07, 6.45) is 0. The Hall–Kier alpha value is -7.47. The van der Waals surface area contributed by atoms with E-state index in [2.05, 4.69) is 139 Å². The summed E-state index contributed by atoms with van der Waals surface area (Å²) in [6.45, 7) is 0. The van der Waals surface area contributed by atoms with Gasteiger partial charge in [-0.2, -0.15) is 0 Å². The van der Waals surface area contributed by atoms with Crippen molar-refractivity contribution in [2.75, 3.05) is 0 Å². The van der Waals surface area contributed by atoms with Crippen LogP contribution in [0.4, 0.5) is 0 Å². The van der Waals surface area contributed by atoms with Crippen LogP contribution >= 0.6 is 11.3 Å². The Morgan fingerprint density at radius 1 is 0.373 bits per heavy atom. The summed E-state index contributed by atoms with van der Waals surface area (Å²) in [6, 6.07) is 68.7. The summed E-state index contributed by atoms with van der Waals surface area (Å²) in [5.74, 6) is 3.70. The van der Waals surface area contributed by atoms with Gasteiger partial charge in [0, 0.05) is 38.1 Å². The molecule has 0 amide bonds. The fourth-order valence-corrected chi connectivity index (χ4v) is 10.2. The molecule has 2 aromatic heterocycles. The topological polar surface area (TPSA) is 47.9 Å². The van der Waals surface area contributed by atoms with E-state index in [-0.39, 0.29) is 0 Å². The van der Waals surface area contributed by atoms with Gasteiger partial charge < -0.3 is 4.74 Å². The zero-order valence-electron chi connectivity index (χ0n) is 31.7. The van der Waals surface area contributed by atoms with Crippen molar-refractivity contribution >= 4 is 21.4 Å². The fraction of sp³-hybridized carbons (Fsp3) is 0.0185. The van der Waals surface area contributed by atoms with Gasteiger partial charge in [0.15, 0.2) is 17.5 Å². The van der Waals surface area contributed by atoms with E-state index in [0.29, 0.717) is 17.5 Å². The maximum Gasteiger partial charge on any atom is 0.164 e. The van der Waals surface area contributed by atoms with Gasteiger partial charge in [-0.1, -0.05) is 158 Å². The third-order valence-corrected chi connectivity index (χ3v) is 12.8. The molecule has 0 bridgehead atoms. The predicted octanol–water partition coefficient (Wildman–Crippen LogP) is 13.9. The van der Waals surface area contributed by atoms with Gasteiger partial charge in [-0.05, 0) is 86.1 Å². The van der Waals surface area contributed by atoms with Crippen LogP contribution in [0.1, 0.15) is 22.3 Å². The Morgan fingerprint density at radius 3 is 1.63 bits per heavy atom. The van der Waals surface area contributed by atoms with Gasteiger partial charge in [-0.3, -0.25) is 0 Å². The number of hydrogen-bond donors (Lipinski definition) is 0. The van der Waals surface area contributed by atoms with Gasteiger partial charge in [0.1, 0.15) is 11.5 Å². The standard InChI is InChI=1S/C54H33N3OS/c1-3-13-35(14-4-1)51-55-52(36-15-5-2-6-16-36)57-53(56-51)41-20-12-19-39(32-41)37-17-11-18-38(31-37)40-26-28-48-46(33-40)54(44-23-9-10-24-47(44)58-48)43-22-8-7-21-42(43)49-45(54)27-25-34-29-30-59-50(34)49/h1-33H. The molecule has 0 fully saturated rings. The highest BCUT2D eigenvalue weighted by Crippen LogP contribution is 2.63. The number of benzene rings is 8. The van der Waals surface area contributed by atoms with Crippen LogP contribution in [-0.4, -0.2) is 15.0 Å². The third kappa shape index (κ3) is 5.25. The highest BCUT2D eigenvalue weighted by Gasteiger charge is 2.51. The molecule has 0 radical (unpaired) electrons. The molecule has 59 heavy (non-hydrogen) atoms. The minimum Gasteiger partial charge on any atom is -0.457 e. The molecule has 1 aliphatic carbocycles. The smallest absolute Gasteiger partial charge is 0.164 e. The highest BCUT2D eigenvalue weighted by molar-refractivity contribution is 7.17. The van der Waals surface area contributed by atoms with Gasteiger partial charge in [-0.15, -0.1) is 11.3 Å². The van der Waals surface area contributed by atoms with E-state index in [4.69, 9.17) is 19.7 Å². The number of aromatic nitrogens is 3. The molecule has 5 heteroatoms. The van der Waals surface area contributed by atoms with Crippen LogP contribution < -0.4 is 4.74 Å². The van der Waals surface area contributed by atoms with Gasteiger partial charge in [-0.25, -0.2) is 15.0 Å². The lowest BCUT2D eigenvalue weighted by molar-refractivity contribution is 0.436. The second-order valence-corrected chi connectivity index (χ2v) is 16.0. The Balaban J connectivity index is 0.988. The first-order chi connectivity index (χ1) is 29.2. The van der Waals surface area contributed by atoms with Crippen molar-refractivity contribution in [1.82, 2.24) is 15.0 Å². The van der Waals surface area contributed by atoms with Gasteiger partial charge in [0.25, 0.3) is 0 Å². The summed E-state index contributed by atoms with van der Waals surface area (Å²) >= 11 is 1.82. The van der Waals surface area contributed by atoms with Crippen molar-refractivity contribution < 1.29 is 4.74 Å². The summed E-state index contributed by atoms with van der Waals surface area (Å²) in [4.78, 5) is 14.9. The minimum absolute atomic E-state index is 0.544. The van der Waals surface area contributed by atoms with Crippen LogP contribution in [0.5, 0.6) is 11.5 Å². The van der Waals surface area contributed by atoms with E-state index in [1.165, 1.54) is 37.9 Å². The molecule has 276 valence electrons. The Kier molecular flexibility index (Phi) is 7.59. The molecule has 0 N–H and O–H groups in total. The maximum atomic E-state index is 6.77. The summed E-state index contributed by atoms with van der Waals surface area (Å²) in [7, 11) is 0. The quantitative estimate of drug-likeness (QED) is 0.175. The monoisotopic (exact) mass is 771 g/mol. The summed E-state index contributed by atoms with van der Waals surface area (Å²) in [5, 5.41) is 3.48. The van der Waals surface area contributed by atoms with E-state index in [1.807, 2.05) is 72.0 Å². The van der Waals surface area contributed by atoms with E-state index in [1.54, 1.807) is 0 Å². The zero-order valence-corrected chi connectivity index (χ0v) is 32.5. The maximum absolute atomic E-state index is 6.77. The number of thiophene rings is 1. The molecule has 10 aromatic rings. The average molecular weight is 772 g/mol. The van der Waals surface area contributed by atoms with E-state index >= 15 is 0 Å². The van der Waals surface area contributed by atoms with Crippen molar-refractivity contribution in [2.24, 2.45) is 0 Å². The normalized spacial score (nSPS) is 14.6. The van der Waals surface area contributed by atoms with E-state index in [9.17, 15) is 0 Å². The number of nitrogens with zero attached hydrogens (tertiary/aromatic N) is 3. The summed E-state index contributed by atoms with van der Waals surface area (Å²) < 4.78 is 8.09. The first-order valence-electron chi connectivity index (χ1n) is 19.8. The molecule has 2 aliphatic rings. The van der Waals surface area contributed by atoms with Gasteiger partial charge in [0.05, 0.1) is 5.41 Å². The molecule has 1 atom stereocenters. The Morgan fingerprint density at radius 2 is 0.915 bits per heavy atom. The van der Waals surface area contributed by atoms with Crippen molar-refractivity contribution in [2.45, 2.75) is 5.41 Å². The predicted molar refractivity (Wildman–Crippen MR) is 240 cm³/mol. The van der Waals surface area contributed by atoms with E-state index < -0.39 is 5.41 Å². The number of hydrogen-bond acceptors (Lipinski definition) is 5. The lowest BCUT2D eigenvalue weighted by Crippen LogP contribution is -2.32. The number of ether oxygens (including phenoxy) is 1. The van der Waals surface area contributed by atoms with Crippen LogP contribution in [0, 0.1) is 0 Å². The first-order valence-corrected chi connectivity index (χ1v) is 20.7. The average Bonchev–Trinajstić information content (AvgIpc) is 3.91. The zero-order chi connectivity index (χ0) is 38.9. The van der Waals surface area contributed by atoms with E-state index in [0.717, 1.165) is 56.0 Å². The van der Waals surface area contributed by atoms with Crippen molar-refractivity contribution in [1.29, 1.82) is 0 Å². The third-order valence-electron chi connectivity index (χ3n) is 11.9. The van der Waals surface area contributed by atoms with Crippen LogP contribution in [0.2, 0.25) is 0 Å². The molecule has 4 nitrogen and oxygen atoms in total. The number of para-hydroxylation sites is 1. The number of rotatable bonds is 5. The lowest BCUT2D eigenvalue weighted by atomic mass is 9.65. The molecule has 12 rings (SSSR count). The molecule has 0 saturated carbocycles. The van der Waals surface area contributed by atoms with Crippen LogP contribution in [0.15, 0.2) is 200 Å². The van der Waals surface area contributed by atoms with Gasteiger partial charge >= 0.3 is 0 Å². The summed E-state index contributed by atoms with van der Waals surface area (Å²) in [5.41, 5.74) is 14.3. The second-order valence-electron chi connectivity index (χ2n) is 15.1. The SMILES string of the molecule is c1ccc(-c2nc(-c3ccccc3)nc(-c3cccc(-c4cccc(-c5ccc6c(c5)C5(c7ccccc7O6)c6ccccc6-c6c5ccc5ccsc65)c4)c3)n2)cc1. The minimum atomic E-state index is -0.544. The van der Waals surface area contributed by atoms with Crippen molar-refractivity contribution in [3.05, 3.63) is 222 Å². The lowest BCUT2D eigenvalue weighted by Gasteiger charge is -2.39. The van der Waals surface area contributed by atoms with Crippen molar-refractivity contribution in [3.63, 3.8) is 0 Å². The van der Waals surface area contributed by atoms with Crippen LogP contribution in [-0.2, 0) is 5.41 Å². The molecule has 1 unspecified atom stereocenters. The molecule has 3 heterocycles. The fourth-order valence-electron chi connectivity index (χ4n) is 9.24.